The maximum Gasteiger partial charge on any atom is 0.416 e. The summed E-state index contributed by atoms with van der Waals surface area (Å²) in [4.78, 5) is 17.4. The van der Waals surface area contributed by atoms with Crippen molar-refractivity contribution in [2.75, 3.05) is 26.2 Å². The van der Waals surface area contributed by atoms with E-state index in [2.05, 4.69) is 4.90 Å². The zero-order chi connectivity index (χ0) is 23.4. The Balaban J connectivity index is 1.29. The van der Waals surface area contributed by atoms with Crippen molar-refractivity contribution in [3.8, 4) is 5.75 Å². The number of nitrogens with zero attached hydrogens (tertiary/aromatic N) is 2. The zero-order valence-electron chi connectivity index (χ0n) is 17.6. The van der Waals surface area contributed by atoms with Crippen molar-refractivity contribution in [3.63, 3.8) is 0 Å². The molecule has 2 aromatic carbocycles. The molecular formula is C24H22ClF3N2O2S. The number of amides is 1. The number of ether oxygens (including phenoxy) is 1. The average Bonchev–Trinajstić information content (AvgIpc) is 3.27. The highest BCUT2D eigenvalue weighted by Crippen LogP contribution is 2.30. The second-order valence-electron chi connectivity index (χ2n) is 7.80. The Bertz CT molecular complexity index is 1110. The lowest BCUT2D eigenvalue weighted by atomic mass is 10.1. The van der Waals surface area contributed by atoms with E-state index in [0.29, 0.717) is 60.5 Å². The number of hydrogen-bond donors (Lipinski definition) is 0. The second-order valence-corrected chi connectivity index (χ2v) is 9.12. The van der Waals surface area contributed by atoms with Crippen LogP contribution in [0.2, 0.25) is 5.02 Å². The van der Waals surface area contributed by atoms with E-state index in [1.165, 1.54) is 23.5 Å². The molecule has 0 atom stereocenters. The predicted molar refractivity (Wildman–Crippen MR) is 123 cm³/mol. The molecule has 0 N–H and O–H groups in total. The third kappa shape index (κ3) is 6.07. The Hall–Kier alpha value is -2.55. The SMILES string of the molecule is O=C(c1cc(COc2ccccc2Cl)cs1)N1CCN(Cc2cccc(C(F)(F)F)c2)CC1. The number of alkyl halides is 3. The summed E-state index contributed by atoms with van der Waals surface area (Å²) in [6.45, 7) is 3.01. The third-order valence-corrected chi connectivity index (χ3v) is 6.69. The Kier molecular flexibility index (Phi) is 7.26. The molecule has 1 fully saturated rings. The van der Waals surface area contributed by atoms with Crippen molar-refractivity contribution in [2.45, 2.75) is 19.3 Å². The highest BCUT2D eigenvalue weighted by atomic mass is 35.5. The maximum atomic E-state index is 12.9. The van der Waals surface area contributed by atoms with Gasteiger partial charge >= 0.3 is 6.18 Å². The molecule has 0 radical (unpaired) electrons. The number of para-hydroxylation sites is 1. The number of benzene rings is 2. The van der Waals surface area contributed by atoms with Crippen molar-refractivity contribution < 1.29 is 22.7 Å². The number of hydrogen-bond acceptors (Lipinski definition) is 4. The van der Waals surface area contributed by atoms with Crippen LogP contribution in [0.3, 0.4) is 0 Å². The summed E-state index contributed by atoms with van der Waals surface area (Å²) in [5, 5.41) is 2.43. The van der Waals surface area contributed by atoms with Crippen molar-refractivity contribution in [1.29, 1.82) is 0 Å². The first-order valence-electron chi connectivity index (χ1n) is 10.4. The predicted octanol–water partition coefficient (Wildman–Crippen LogP) is 5.96. The summed E-state index contributed by atoms with van der Waals surface area (Å²) in [5.74, 6) is 0.554. The molecule has 0 unspecified atom stereocenters. The van der Waals surface area contributed by atoms with Gasteiger partial charge < -0.3 is 9.64 Å². The van der Waals surface area contributed by atoms with E-state index in [9.17, 15) is 18.0 Å². The first kappa shape index (κ1) is 23.6. The minimum atomic E-state index is -4.35. The fourth-order valence-corrected chi connectivity index (χ4v) is 4.71. The highest BCUT2D eigenvalue weighted by Gasteiger charge is 2.30. The first-order chi connectivity index (χ1) is 15.8. The third-order valence-electron chi connectivity index (χ3n) is 5.42. The molecule has 0 aliphatic carbocycles. The molecular weight excluding hydrogens is 473 g/mol. The minimum absolute atomic E-state index is 0.0392. The molecule has 1 aliphatic heterocycles. The van der Waals surface area contributed by atoms with Crippen LogP contribution in [0.25, 0.3) is 0 Å². The van der Waals surface area contributed by atoms with E-state index in [1.807, 2.05) is 23.6 Å². The monoisotopic (exact) mass is 494 g/mol. The topological polar surface area (TPSA) is 32.8 Å². The molecule has 4 nitrogen and oxygen atoms in total. The molecule has 1 aromatic heterocycles. The van der Waals surface area contributed by atoms with Gasteiger partial charge in [0, 0.05) is 38.3 Å². The van der Waals surface area contributed by atoms with E-state index in [0.717, 1.165) is 11.6 Å². The fraction of sp³-hybridized carbons (Fsp3) is 0.292. The van der Waals surface area contributed by atoms with Crippen LogP contribution in [0.5, 0.6) is 5.75 Å². The maximum absolute atomic E-state index is 12.9. The number of halogens is 4. The van der Waals surface area contributed by atoms with Gasteiger partial charge in [-0.05, 0) is 35.2 Å². The lowest BCUT2D eigenvalue weighted by molar-refractivity contribution is -0.137. The summed E-state index contributed by atoms with van der Waals surface area (Å²) in [6.07, 6.45) is -4.35. The molecule has 1 aliphatic rings. The molecule has 0 spiro atoms. The lowest BCUT2D eigenvalue weighted by Crippen LogP contribution is -2.48. The molecule has 4 rings (SSSR count). The van der Waals surface area contributed by atoms with Crippen LogP contribution in [0, 0.1) is 0 Å². The fourth-order valence-electron chi connectivity index (χ4n) is 3.66. The molecule has 2 heterocycles. The number of carbonyl (C=O) groups excluding carboxylic acids is 1. The van der Waals surface area contributed by atoms with Gasteiger partial charge in [0.05, 0.1) is 15.5 Å². The van der Waals surface area contributed by atoms with E-state index < -0.39 is 11.7 Å². The van der Waals surface area contributed by atoms with Crippen LogP contribution in [0.15, 0.2) is 60.0 Å². The van der Waals surface area contributed by atoms with Gasteiger partial charge in [-0.1, -0.05) is 41.9 Å². The van der Waals surface area contributed by atoms with E-state index in [-0.39, 0.29) is 5.91 Å². The van der Waals surface area contributed by atoms with Crippen LogP contribution in [0.4, 0.5) is 13.2 Å². The van der Waals surface area contributed by atoms with Crippen molar-refractivity contribution >= 4 is 28.8 Å². The van der Waals surface area contributed by atoms with Gasteiger partial charge in [-0.2, -0.15) is 13.2 Å². The number of carbonyl (C=O) groups is 1. The molecule has 0 saturated carbocycles. The van der Waals surface area contributed by atoms with Gasteiger partial charge in [0.25, 0.3) is 5.91 Å². The summed E-state index contributed by atoms with van der Waals surface area (Å²) >= 11 is 7.47. The number of rotatable bonds is 6. The standard InChI is InChI=1S/C24H22ClF3N2O2S/c25-20-6-1-2-7-21(20)32-15-18-13-22(33-16-18)23(31)30-10-8-29(9-11-30)14-17-4-3-5-19(12-17)24(26,27)28/h1-7,12-13,16H,8-11,14-15H2. The second kappa shape index (κ2) is 10.2. The van der Waals surface area contributed by atoms with E-state index in [4.69, 9.17) is 16.3 Å². The quantitative estimate of drug-likeness (QED) is 0.424. The van der Waals surface area contributed by atoms with Crippen LogP contribution in [0.1, 0.15) is 26.4 Å². The number of thiophene rings is 1. The zero-order valence-corrected chi connectivity index (χ0v) is 19.2. The lowest BCUT2D eigenvalue weighted by Gasteiger charge is -2.34. The van der Waals surface area contributed by atoms with Gasteiger partial charge in [-0.15, -0.1) is 11.3 Å². The van der Waals surface area contributed by atoms with Crippen LogP contribution >= 0.6 is 22.9 Å². The Labute approximate surface area is 199 Å². The van der Waals surface area contributed by atoms with Crippen LogP contribution < -0.4 is 4.74 Å². The minimum Gasteiger partial charge on any atom is -0.487 e. The average molecular weight is 495 g/mol. The molecule has 1 saturated heterocycles. The van der Waals surface area contributed by atoms with Crippen molar-refractivity contribution in [2.24, 2.45) is 0 Å². The Morgan fingerprint density at radius 3 is 2.48 bits per heavy atom. The van der Waals surface area contributed by atoms with E-state index >= 15 is 0 Å². The van der Waals surface area contributed by atoms with Gasteiger partial charge in [0.15, 0.2) is 0 Å². The van der Waals surface area contributed by atoms with Gasteiger partial charge in [-0.25, -0.2) is 0 Å². The largest absolute Gasteiger partial charge is 0.487 e. The molecule has 0 bridgehead atoms. The van der Waals surface area contributed by atoms with E-state index in [1.54, 1.807) is 23.1 Å². The first-order valence-corrected chi connectivity index (χ1v) is 11.7. The molecule has 33 heavy (non-hydrogen) atoms. The summed E-state index contributed by atoms with van der Waals surface area (Å²) < 4.78 is 44.5. The van der Waals surface area contributed by atoms with Crippen molar-refractivity contribution in [1.82, 2.24) is 9.80 Å². The summed E-state index contributed by atoms with van der Waals surface area (Å²) in [6, 6.07) is 14.5. The molecule has 9 heteroatoms. The summed E-state index contributed by atoms with van der Waals surface area (Å²) in [5.41, 5.74) is 0.873. The smallest absolute Gasteiger partial charge is 0.416 e. The normalized spacial score (nSPS) is 15.0. The van der Waals surface area contributed by atoms with Crippen molar-refractivity contribution in [3.05, 3.63) is 86.6 Å². The van der Waals surface area contributed by atoms with Gasteiger partial charge in [0.2, 0.25) is 0 Å². The molecule has 3 aromatic rings. The Morgan fingerprint density at radius 1 is 1.00 bits per heavy atom. The molecule has 1 amide bonds. The highest BCUT2D eigenvalue weighted by molar-refractivity contribution is 7.12. The van der Waals surface area contributed by atoms with Gasteiger partial charge in [-0.3, -0.25) is 9.69 Å². The summed E-state index contributed by atoms with van der Waals surface area (Å²) in [7, 11) is 0. The van der Waals surface area contributed by atoms with Crippen LogP contribution in [-0.4, -0.2) is 41.9 Å². The Morgan fingerprint density at radius 2 is 1.76 bits per heavy atom. The van der Waals surface area contributed by atoms with Gasteiger partial charge in [0.1, 0.15) is 12.4 Å². The molecule has 174 valence electrons. The number of piperazine rings is 1. The van der Waals surface area contributed by atoms with Crippen LogP contribution in [-0.2, 0) is 19.3 Å².